The van der Waals surface area contributed by atoms with Gasteiger partial charge in [-0.05, 0) is 19.3 Å². The standard InChI is InChI=1S/C11H17NO/c13-9-11-8-6-4-2-1-3-5-7-10(11)12-11/h9H,1-8H2. The topological polar surface area (TPSA) is 29.4 Å². The third-order valence-electron chi connectivity index (χ3n) is 3.20. The fraction of sp³-hybridized carbons (Fsp3) is 0.818. The number of hydrogen-bond acceptors (Lipinski definition) is 2. The van der Waals surface area contributed by atoms with Crippen molar-refractivity contribution in [2.24, 2.45) is 4.99 Å². The molecule has 13 heavy (non-hydrogen) atoms. The highest BCUT2D eigenvalue weighted by Gasteiger charge is 2.45. The Balaban J connectivity index is 1.91. The van der Waals surface area contributed by atoms with Gasteiger partial charge in [0.05, 0.1) is 0 Å². The van der Waals surface area contributed by atoms with Crippen LogP contribution in [-0.2, 0) is 4.79 Å². The molecule has 0 saturated heterocycles. The Labute approximate surface area is 79.4 Å². The molecule has 1 atom stereocenters. The first-order valence-electron chi connectivity index (χ1n) is 5.43. The molecule has 1 fully saturated rings. The summed E-state index contributed by atoms with van der Waals surface area (Å²) >= 11 is 0. The summed E-state index contributed by atoms with van der Waals surface area (Å²) in [6.07, 6.45) is 10.8. The van der Waals surface area contributed by atoms with E-state index in [1.165, 1.54) is 44.2 Å². The Morgan fingerprint density at radius 1 is 1.08 bits per heavy atom. The molecular weight excluding hydrogens is 162 g/mol. The number of carbonyl (C=O) groups is 1. The number of aldehydes is 1. The van der Waals surface area contributed by atoms with Gasteiger partial charge in [0.1, 0.15) is 0 Å². The van der Waals surface area contributed by atoms with Crippen LogP contribution in [0.2, 0.25) is 0 Å². The van der Waals surface area contributed by atoms with Gasteiger partial charge in [0.25, 0.3) is 0 Å². The number of nitrogens with zero attached hydrogens (tertiary/aromatic N) is 1. The van der Waals surface area contributed by atoms with E-state index < -0.39 is 0 Å². The van der Waals surface area contributed by atoms with E-state index in [2.05, 4.69) is 4.99 Å². The van der Waals surface area contributed by atoms with E-state index in [9.17, 15) is 4.79 Å². The zero-order chi connectivity index (χ0) is 9.15. The SMILES string of the molecule is O=CC12CCCCCCCCC1=N2. The highest BCUT2D eigenvalue weighted by atomic mass is 16.1. The van der Waals surface area contributed by atoms with Crippen molar-refractivity contribution in [1.82, 2.24) is 0 Å². The van der Waals surface area contributed by atoms with Gasteiger partial charge in [-0.25, -0.2) is 0 Å². The smallest absolute Gasteiger partial charge is 0.153 e. The molecule has 2 heteroatoms. The second-order valence-corrected chi connectivity index (χ2v) is 4.22. The largest absolute Gasteiger partial charge is 0.300 e. The Bertz CT molecular complexity index is 234. The molecule has 0 radical (unpaired) electrons. The molecule has 2 rings (SSSR count). The van der Waals surface area contributed by atoms with E-state index in [-0.39, 0.29) is 5.54 Å². The molecule has 0 aromatic rings. The summed E-state index contributed by atoms with van der Waals surface area (Å²) < 4.78 is 0. The third kappa shape index (κ3) is 1.82. The van der Waals surface area contributed by atoms with Crippen LogP contribution in [0, 0.1) is 0 Å². The van der Waals surface area contributed by atoms with E-state index >= 15 is 0 Å². The van der Waals surface area contributed by atoms with Gasteiger partial charge < -0.3 is 4.79 Å². The zero-order valence-electron chi connectivity index (χ0n) is 8.09. The number of carbonyl (C=O) groups excluding carboxylic acids is 1. The first kappa shape index (κ1) is 8.92. The van der Waals surface area contributed by atoms with Crippen LogP contribution in [0.1, 0.15) is 51.4 Å². The Morgan fingerprint density at radius 3 is 2.54 bits per heavy atom. The molecule has 1 unspecified atom stereocenters. The Kier molecular flexibility index (Phi) is 2.47. The van der Waals surface area contributed by atoms with Gasteiger partial charge in [-0.2, -0.15) is 0 Å². The summed E-state index contributed by atoms with van der Waals surface area (Å²) in [5.41, 5.74) is 0.890. The lowest BCUT2D eigenvalue weighted by atomic mass is 9.92. The molecule has 0 aromatic carbocycles. The van der Waals surface area contributed by atoms with Crippen LogP contribution in [-0.4, -0.2) is 17.5 Å². The minimum absolute atomic E-state index is 0.294. The van der Waals surface area contributed by atoms with E-state index in [4.69, 9.17) is 0 Å². The van der Waals surface area contributed by atoms with Crippen LogP contribution in [0.4, 0.5) is 0 Å². The first-order valence-corrected chi connectivity index (χ1v) is 5.43. The molecule has 0 aromatic heterocycles. The fourth-order valence-corrected chi connectivity index (χ4v) is 2.23. The zero-order valence-corrected chi connectivity index (χ0v) is 8.09. The quantitative estimate of drug-likeness (QED) is 0.569. The van der Waals surface area contributed by atoms with E-state index in [0.29, 0.717) is 0 Å². The summed E-state index contributed by atoms with van der Waals surface area (Å²) in [6, 6.07) is 0. The van der Waals surface area contributed by atoms with Gasteiger partial charge >= 0.3 is 0 Å². The van der Waals surface area contributed by atoms with Crippen molar-refractivity contribution in [2.45, 2.75) is 56.9 Å². The molecular formula is C11H17NO. The molecule has 1 saturated carbocycles. The predicted octanol–water partition coefficient (Wildman–Crippen LogP) is 2.51. The van der Waals surface area contributed by atoms with E-state index in [1.54, 1.807) is 0 Å². The lowest BCUT2D eigenvalue weighted by Crippen LogP contribution is -2.21. The monoisotopic (exact) mass is 179 g/mol. The van der Waals surface area contributed by atoms with Gasteiger partial charge in [-0.3, -0.25) is 4.99 Å². The summed E-state index contributed by atoms with van der Waals surface area (Å²) in [6.45, 7) is 0. The van der Waals surface area contributed by atoms with Crippen molar-refractivity contribution in [3.63, 3.8) is 0 Å². The average molecular weight is 179 g/mol. The van der Waals surface area contributed by atoms with Gasteiger partial charge in [0, 0.05) is 5.71 Å². The van der Waals surface area contributed by atoms with Gasteiger partial charge in [0.2, 0.25) is 0 Å². The van der Waals surface area contributed by atoms with Crippen molar-refractivity contribution >= 4 is 12.0 Å². The number of rotatable bonds is 1. The third-order valence-corrected chi connectivity index (χ3v) is 3.20. The Hall–Kier alpha value is -0.660. The number of fused-ring (bicyclic) bond motifs is 1. The number of aliphatic imine (C=N–C) groups is 1. The van der Waals surface area contributed by atoms with Crippen LogP contribution in [0.5, 0.6) is 0 Å². The molecule has 1 heterocycles. The second-order valence-electron chi connectivity index (χ2n) is 4.22. The molecule has 0 bridgehead atoms. The molecule has 0 N–H and O–H groups in total. The predicted molar refractivity (Wildman–Crippen MR) is 53.2 cm³/mol. The van der Waals surface area contributed by atoms with Crippen LogP contribution >= 0.6 is 0 Å². The maximum absolute atomic E-state index is 10.9. The van der Waals surface area contributed by atoms with Crippen LogP contribution in [0.3, 0.4) is 0 Å². The van der Waals surface area contributed by atoms with Gasteiger partial charge in [-0.1, -0.05) is 32.1 Å². The first-order chi connectivity index (χ1) is 6.37. The highest BCUT2D eigenvalue weighted by Crippen LogP contribution is 2.35. The van der Waals surface area contributed by atoms with Crippen molar-refractivity contribution in [2.75, 3.05) is 0 Å². The maximum atomic E-state index is 10.9. The van der Waals surface area contributed by atoms with Crippen molar-refractivity contribution < 1.29 is 4.79 Å². The lowest BCUT2D eigenvalue weighted by Gasteiger charge is -2.09. The second kappa shape index (κ2) is 3.60. The molecule has 1 aliphatic heterocycles. The molecule has 1 aliphatic carbocycles. The minimum Gasteiger partial charge on any atom is -0.300 e. The minimum atomic E-state index is -0.294. The summed E-state index contributed by atoms with van der Waals surface area (Å²) in [5, 5.41) is 0. The summed E-state index contributed by atoms with van der Waals surface area (Å²) in [4.78, 5) is 15.2. The van der Waals surface area contributed by atoms with Gasteiger partial charge in [-0.15, -0.1) is 0 Å². The molecule has 2 aliphatic rings. The normalized spacial score (nSPS) is 34.3. The molecule has 0 amide bonds. The maximum Gasteiger partial charge on any atom is 0.153 e. The Morgan fingerprint density at radius 2 is 1.77 bits per heavy atom. The molecule has 72 valence electrons. The summed E-state index contributed by atoms with van der Waals surface area (Å²) in [5.74, 6) is 0. The molecule has 0 spiro atoms. The van der Waals surface area contributed by atoms with Gasteiger partial charge in [0.15, 0.2) is 11.8 Å². The van der Waals surface area contributed by atoms with Crippen LogP contribution in [0.25, 0.3) is 0 Å². The van der Waals surface area contributed by atoms with E-state index in [0.717, 1.165) is 19.1 Å². The average Bonchev–Trinajstić information content (AvgIpc) is 2.86. The van der Waals surface area contributed by atoms with Crippen molar-refractivity contribution in [3.05, 3.63) is 0 Å². The van der Waals surface area contributed by atoms with Crippen LogP contribution < -0.4 is 0 Å². The highest BCUT2D eigenvalue weighted by molar-refractivity contribution is 6.17. The van der Waals surface area contributed by atoms with Crippen molar-refractivity contribution in [3.8, 4) is 0 Å². The van der Waals surface area contributed by atoms with E-state index in [1.807, 2.05) is 0 Å². The van der Waals surface area contributed by atoms with Crippen molar-refractivity contribution in [1.29, 1.82) is 0 Å². The fourth-order valence-electron chi connectivity index (χ4n) is 2.23. The lowest BCUT2D eigenvalue weighted by molar-refractivity contribution is -0.109. The molecule has 2 nitrogen and oxygen atoms in total. The summed E-state index contributed by atoms with van der Waals surface area (Å²) in [7, 11) is 0. The number of hydrogen-bond donors (Lipinski definition) is 0. The van der Waals surface area contributed by atoms with Crippen LogP contribution in [0.15, 0.2) is 4.99 Å².